The Bertz CT molecular complexity index is 702. The molecule has 0 saturated heterocycles. The molecule has 4 heteroatoms. The third-order valence-electron chi connectivity index (χ3n) is 4.54. The summed E-state index contributed by atoms with van der Waals surface area (Å²) in [5.74, 6) is 0. The molecule has 0 bridgehead atoms. The van der Waals surface area contributed by atoms with E-state index in [4.69, 9.17) is 0 Å². The van der Waals surface area contributed by atoms with Crippen LogP contribution in [0.1, 0.15) is 12.8 Å². The number of halogens is 3. The first-order chi connectivity index (χ1) is 12.5. The van der Waals surface area contributed by atoms with Gasteiger partial charge in [0.05, 0.1) is 6.16 Å². The highest BCUT2D eigenvalue weighted by Crippen LogP contribution is 2.56. The predicted octanol–water partition coefficient (Wildman–Crippen LogP) is 5.32. The molecule has 26 heavy (non-hydrogen) atoms. The number of benzene rings is 3. The number of rotatable bonds is 6. The minimum absolute atomic E-state index is 0.121. The van der Waals surface area contributed by atoms with Gasteiger partial charge in [0.2, 0.25) is 0 Å². The van der Waals surface area contributed by atoms with E-state index in [-0.39, 0.29) is 6.42 Å². The van der Waals surface area contributed by atoms with Crippen molar-refractivity contribution < 1.29 is 13.2 Å². The molecular weight excluding hydrogens is 352 g/mol. The molecule has 0 spiro atoms. The minimum atomic E-state index is -4.13. The van der Waals surface area contributed by atoms with Gasteiger partial charge in [-0.2, -0.15) is 13.2 Å². The third-order valence-corrected chi connectivity index (χ3v) is 9.07. The number of alkyl halides is 3. The van der Waals surface area contributed by atoms with Crippen LogP contribution in [0.25, 0.3) is 0 Å². The van der Waals surface area contributed by atoms with E-state index in [2.05, 4.69) is 36.4 Å². The Hall–Kier alpha value is -2.12. The molecule has 0 N–H and O–H groups in total. The third kappa shape index (κ3) is 4.16. The normalized spacial score (nSPS) is 12.1. The maximum absolute atomic E-state index is 12.9. The summed E-state index contributed by atoms with van der Waals surface area (Å²) >= 11 is 0. The van der Waals surface area contributed by atoms with Gasteiger partial charge in [-0.15, -0.1) is 0 Å². The van der Waals surface area contributed by atoms with Gasteiger partial charge in [0.25, 0.3) is 0 Å². The molecule has 0 aliphatic carbocycles. The second kappa shape index (κ2) is 8.05. The van der Waals surface area contributed by atoms with E-state index in [1.807, 2.05) is 54.6 Å². The summed E-state index contributed by atoms with van der Waals surface area (Å²) < 4.78 is 38.6. The molecule has 3 rings (SSSR count). The van der Waals surface area contributed by atoms with Crippen LogP contribution in [0, 0.1) is 0 Å². The van der Waals surface area contributed by atoms with Crippen molar-refractivity contribution in [3.8, 4) is 0 Å². The first-order valence-corrected chi connectivity index (χ1v) is 10.6. The van der Waals surface area contributed by atoms with E-state index in [1.165, 1.54) is 0 Å². The maximum Gasteiger partial charge on any atom is 0.389 e. The van der Waals surface area contributed by atoms with E-state index in [1.54, 1.807) is 0 Å². The largest absolute Gasteiger partial charge is 0.389 e. The van der Waals surface area contributed by atoms with Crippen LogP contribution in [0.5, 0.6) is 0 Å². The van der Waals surface area contributed by atoms with Gasteiger partial charge in [-0.1, -0.05) is 54.6 Å². The van der Waals surface area contributed by atoms with Gasteiger partial charge >= 0.3 is 6.18 Å². The molecule has 0 amide bonds. The maximum atomic E-state index is 12.9. The van der Waals surface area contributed by atoms with Gasteiger partial charge in [0.1, 0.15) is 23.2 Å². The Morgan fingerprint density at radius 1 is 0.577 bits per heavy atom. The lowest BCUT2D eigenvalue weighted by molar-refractivity contribution is -0.134. The first kappa shape index (κ1) is 18.7. The van der Waals surface area contributed by atoms with Gasteiger partial charge in [0.15, 0.2) is 0 Å². The fourth-order valence-corrected chi connectivity index (χ4v) is 7.74. The lowest BCUT2D eigenvalue weighted by Crippen LogP contribution is -2.33. The highest BCUT2D eigenvalue weighted by atomic mass is 31.2. The lowest BCUT2D eigenvalue weighted by atomic mass is 10.3. The van der Waals surface area contributed by atoms with Crippen molar-refractivity contribution in [3.05, 3.63) is 91.0 Å². The van der Waals surface area contributed by atoms with Crippen LogP contribution in [-0.4, -0.2) is 12.3 Å². The Morgan fingerprint density at radius 3 is 1.23 bits per heavy atom. The Balaban J connectivity index is 2.15. The van der Waals surface area contributed by atoms with Crippen molar-refractivity contribution in [1.82, 2.24) is 0 Å². The molecule has 0 fully saturated rings. The summed E-state index contributed by atoms with van der Waals surface area (Å²) in [6, 6.07) is 30.0. The molecule has 134 valence electrons. The van der Waals surface area contributed by atoms with E-state index >= 15 is 0 Å². The molecule has 0 aliphatic heterocycles. The molecule has 0 aromatic heterocycles. The van der Waals surface area contributed by atoms with Gasteiger partial charge < -0.3 is 0 Å². The zero-order valence-electron chi connectivity index (χ0n) is 14.4. The lowest BCUT2D eigenvalue weighted by Gasteiger charge is -2.27. The van der Waals surface area contributed by atoms with Crippen molar-refractivity contribution in [3.63, 3.8) is 0 Å². The van der Waals surface area contributed by atoms with E-state index in [0.29, 0.717) is 6.16 Å². The SMILES string of the molecule is FC(F)(F)CCC[P+](c1ccccc1)(c1ccccc1)c1ccccc1. The molecular formula is C22H21F3P+. The smallest absolute Gasteiger partial charge is 0.171 e. The molecule has 0 saturated carbocycles. The average molecular weight is 373 g/mol. The first-order valence-electron chi connectivity index (χ1n) is 8.64. The van der Waals surface area contributed by atoms with Crippen molar-refractivity contribution in [1.29, 1.82) is 0 Å². The second-order valence-electron chi connectivity index (χ2n) is 6.26. The van der Waals surface area contributed by atoms with Crippen molar-refractivity contribution in [2.24, 2.45) is 0 Å². The minimum Gasteiger partial charge on any atom is -0.171 e. The van der Waals surface area contributed by atoms with Crippen LogP contribution < -0.4 is 15.9 Å². The van der Waals surface area contributed by atoms with E-state index < -0.39 is 19.9 Å². The van der Waals surface area contributed by atoms with Crippen LogP contribution in [0.3, 0.4) is 0 Å². The summed E-state index contributed by atoms with van der Waals surface area (Å²) in [6.45, 7) is 0. The van der Waals surface area contributed by atoms with Crippen molar-refractivity contribution in [2.75, 3.05) is 6.16 Å². The fraction of sp³-hybridized carbons (Fsp3) is 0.182. The summed E-state index contributed by atoms with van der Waals surface area (Å²) in [5, 5.41) is 3.37. The van der Waals surface area contributed by atoms with Crippen LogP contribution in [-0.2, 0) is 0 Å². The predicted molar refractivity (Wildman–Crippen MR) is 105 cm³/mol. The zero-order valence-corrected chi connectivity index (χ0v) is 15.3. The van der Waals surface area contributed by atoms with Gasteiger partial charge in [-0.25, -0.2) is 0 Å². The molecule has 0 radical (unpaired) electrons. The van der Waals surface area contributed by atoms with Gasteiger partial charge in [-0.3, -0.25) is 0 Å². The van der Waals surface area contributed by atoms with Crippen LogP contribution in [0.2, 0.25) is 0 Å². The molecule has 0 aliphatic rings. The van der Waals surface area contributed by atoms with Crippen LogP contribution in [0.4, 0.5) is 13.2 Å². The molecule has 0 nitrogen and oxygen atoms in total. The molecule has 0 heterocycles. The summed E-state index contributed by atoms with van der Waals surface area (Å²) in [5.41, 5.74) is 0. The molecule has 3 aromatic carbocycles. The Morgan fingerprint density at radius 2 is 0.923 bits per heavy atom. The highest BCUT2D eigenvalue weighted by Gasteiger charge is 2.45. The van der Waals surface area contributed by atoms with Crippen LogP contribution in [0.15, 0.2) is 91.0 Å². The fourth-order valence-electron chi connectivity index (χ4n) is 3.40. The standard InChI is InChI=1S/C22H21F3P/c23-22(24,25)17-10-18-26(19-11-4-1-5-12-19,20-13-6-2-7-14-20)21-15-8-3-9-16-21/h1-9,11-16H,10,17-18H2/q+1. The number of hydrogen-bond acceptors (Lipinski definition) is 0. The summed E-state index contributed by atoms with van der Waals surface area (Å²) in [7, 11) is -2.14. The van der Waals surface area contributed by atoms with Gasteiger partial charge in [0, 0.05) is 6.42 Å². The average Bonchev–Trinajstić information content (AvgIpc) is 2.67. The molecule has 3 aromatic rings. The number of hydrogen-bond donors (Lipinski definition) is 0. The summed E-state index contributed by atoms with van der Waals surface area (Å²) in [4.78, 5) is 0. The quantitative estimate of drug-likeness (QED) is 0.513. The Kier molecular flexibility index (Phi) is 5.78. The topological polar surface area (TPSA) is 0 Å². The Labute approximate surface area is 153 Å². The monoisotopic (exact) mass is 373 g/mol. The summed E-state index contributed by atoms with van der Waals surface area (Å²) in [6.07, 6.45) is -4.25. The van der Waals surface area contributed by atoms with Gasteiger partial charge in [-0.05, 0) is 42.8 Å². The molecule has 0 unspecified atom stereocenters. The second-order valence-corrected chi connectivity index (χ2v) is 9.87. The van der Waals surface area contributed by atoms with E-state index in [9.17, 15) is 13.2 Å². The van der Waals surface area contributed by atoms with Crippen molar-refractivity contribution in [2.45, 2.75) is 19.0 Å². The highest BCUT2D eigenvalue weighted by molar-refractivity contribution is 7.95. The molecule has 0 atom stereocenters. The van der Waals surface area contributed by atoms with Crippen LogP contribution >= 0.6 is 7.26 Å². The zero-order chi connectivity index (χ0) is 18.5. The van der Waals surface area contributed by atoms with E-state index in [0.717, 1.165) is 15.9 Å². The van der Waals surface area contributed by atoms with Crippen molar-refractivity contribution >= 4 is 23.2 Å².